The lowest BCUT2D eigenvalue weighted by atomic mass is 9.84. The minimum Gasteiger partial charge on any atom is -0.390 e. The van der Waals surface area contributed by atoms with Crippen LogP contribution in [0.2, 0.25) is 0 Å². The number of nitrogens with one attached hydrogen (secondary N) is 1. The number of rotatable bonds is 14. The quantitative estimate of drug-likeness (QED) is 0.163. The number of imidazole rings is 1. The predicted molar refractivity (Wildman–Crippen MR) is 208 cm³/mol. The predicted octanol–water partition coefficient (Wildman–Crippen LogP) is 3.55. The van der Waals surface area contributed by atoms with E-state index < -0.39 is 65.9 Å². The van der Waals surface area contributed by atoms with Crippen molar-refractivity contribution in [3.8, 4) is 11.3 Å². The number of carbonyl (C=O) groups is 5. The second-order valence-corrected chi connectivity index (χ2v) is 15.6. The minimum absolute atomic E-state index is 0.0321. The molecule has 2 aliphatic rings. The summed E-state index contributed by atoms with van der Waals surface area (Å²) in [5.74, 6) is -6.67. The van der Waals surface area contributed by atoms with Crippen LogP contribution in [0.25, 0.3) is 11.3 Å². The van der Waals surface area contributed by atoms with E-state index in [9.17, 15) is 42.3 Å². The van der Waals surface area contributed by atoms with E-state index in [2.05, 4.69) is 5.43 Å². The van der Waals surface area contributed by atoms with E-state index in [0.717, 1.165) is 40.8 Å². The number of halogens is 4. The fourth-order valence-electron chi connectivity index (χ4n) is 6.48. The fraction of sp³-hybridized carbons (Fsp3) is 0.463. The number of benzene rings is 2. The first kappa shape index (κ1) is 46.2. The lowest BCUT2D eigenvalue weighted by Crippen LogP contribution is -2.57. The number of hydrogen-bond donors (Lipinski definition) is 3. The first-order valence-corrected chi connectivity index (χ1v) is 19.0. The molecule has 14 nitrogen and oxygen atoms in total. The Labute approximate surface area is 340 Å². The molecular weight excluding hydrogens is 778 g/mol. The molecule has 2 aliphatic heterocycles. The van der Waals surface area contributed by atoms with E-state index in [1.54, 1.807) is 22.7 Å². The van der Waals surface area contributed by atoms with Crippen LogP contribution >= 0.6 is 0 Å². The van der Waals surface area contributed by atoms with Crippen LogP contribution in [0.5, 0.6) is 0 Å². The van der Waals surface area contributed by atoms with Gasteiger partial charge < -0.3 is 24.6 Å². The number of alkyl halides is 2. The van der Waals surface area contributed by atoms with Gasteiger partial charge in [0.25, 0.3) is 17.7 Å². The molecular formula is C41H51F4N7O7. The average Bonchev–Trinajstić information content (AvgIpc) is 3.74. The van der Waals surface area contributed by atoms with Crippen molar-refractivity contribution in [1.82, 2.24) is 34.7 Å². The lowest BCUT2D eigenvalue weighted by molar-refractivity contribution is -0.146. The van der Waals surface area contributed by atoms with Gasteiger partial charge >= 0.3 is 0 Å². The maximum Gasteiger partial charge on any atom is 0.267 e. The number of aliphatic hydroxyl groups excluding tert-OH is 2. The van der Waals surface area contributed by atoms with Gasteiger partial charge in [0.2, 0.25) is 17.7 Å². The van der Waals surface area contributed by atoms with Gasteiger partial charge in [0.1, 0.15) is 37.2 Å². The standard InChI is InChI=1S/C38H45F2N7O6.C3H6F2O/c1-25(37(53)42-45-18-16-43(17-19-45)33(51)23-47-31(49)12-13-32(47)50)14-15-46(34(52)24-48)35(38(2,3)4)36-41-30(28-20-27(39)10-11-29(28)40)22-44(36)21-26-8-6-5-7-9-26;1-3(4,5)2-6/h5-13,20,22,25,35,48H,14-19,21,23-24H2,1-4H3,(H,42,53);6H,2H2,1H3. The number of aliphatic hydroxyl groups is 2. The molecule has 1 aromatic heterocycles. The van der Waals surface area contributed by atoms with Crippen LogP contribution in [-0.2, 0) is 30.5 Å². The summed E-state index contributed by atoms with van der Waals surface area (Å²) in [7, 11) is 0. The van der Waals surface area contributed by atoms with Crippen LogP contribution < -0.4 is 5.43 Å². The topological polar surface area (TPSA) is 169 Å². The highest BCUT2D eigenvalue weighted by Crippen LogP contribution is 2.40. The van der Waals surface area contributed by atoms with Gasteiger partial charge in [0.15, 0.2) is 0 Å². The maximum atomic E-state index is 15.0. The molecule has 1 fully saturated rings. The Hall–Kier alpha value is -5.46. The molecule has 0 bridgehead atoms. The van der Waals surface area contributed by atoms with E-state index in [-0.39, 0.29) is 55.7 Å². The molecule has 0 saturated carbocycles. The number of hydrazine groups is 1. The molecule has 3 aromatic rings. The number of carbonyl (C=O) groups excluding carboxylic acids is 5. The van der Waals surface area contributed by atoms with E-state index in [1.165, 1.54) is 9.80 Å². The fourth-order valence-corrected chi connectivity index (χ4v) is 6.48. The van der Waals surface area contributed by atoms with Crippen molar-refractivity contribution in [2.24, 2.45) is 11.3 Å². The lowest BCUT2D eigenvalue weighted by Gasteiger charge is -2.40. The molecule has 0 spiro atoms. The van der Waals surface area contributed by atoms with Crippen LogP contribution in [0.15, 0.2) is 66.9 Å². The third-order valence-corrected chi connectivity index (χ3v) is 9.66. The third kappa shape index (κ3) is 12.8. The molecule has 2 aromatic carbocycles. The zero-order valence-corrected chi connectivity index (χ0v) is 33.7. The van der Waals surface area contributed by atoms with E-state index >= 15 is 4.39 Å². The second-order valence-electron chi connectivity index (χ2n) is 15.6. The third-order valence-electron chi connectivity index (χ3n) is 9.66. The SMILES string of the molecule is CC(CCN(C(=O)CO)C(c1nc(-c2cc(F)ccc2F)cn1Cc1ccccc1)C(C)(C)C)C(=O)NN1CCN(C(=O)CN2C(=O)C=CC2=O)CC1.CC(F)(F)CO. The Morgan fingerprint density at radius 2 is 1.54 bits per heavy atom. The Kier molecular flexibility index (Phi) is 15.7. The summed E-state index contributed by atoms with van der Waals surface area (Å²) in [6.07, 6.45) is 4.10. The molecule has 5 amide bonds. The van der Waals surface area contributed by atoms with Crippen molar-refractivity contribution in [1.29, 1.82) is 0 Å². The summed E-state index contributed by atoms with van der Waals surface area (Å²) in [5, 5.41) is 19.5. The van der Waals surface area contributed by atoms with E-state index in [1.807, 2.05) is 51.1 Å². The summed E-state index contributed by atoms with van der Waals surface area (Å²) in [4.78, 5) is 71.9. The highest BCUT2D eigenvalue weighted by molar-refractivity contribution is 6.14. The molecule has 320 valence electrons. The van der Waals surface area contributed by atoms with Gasteiger partial charge in [-0.2, -0.15) is 0 Å². The number of imide groups is 1. The molecule has 1 saturated heterocycles. The Balaban J connectivity index is 0.00000119. The Morgan fingerprint density at radius 1 is 0.932 bits per heavy atom. The van der Waals surface area contributed by atoms with Crippen molar-refractivity contribution in [3.05, 3.63) is 89.9 Å². The second kappa shape index (κ2) is 20.0. The highest BCUT2D eigenvalue weighted by Gasteiger charge is 2.39. The summed E-state index contributed by atoms with van der Waals surface area (Å²) in [6.45, 7) is 7.52. The van der Waals surface area contributed by atoms with Crippen molar-refractivity contribution >= 4 is 29.5 Å². The van der Waals surface area contributed by atoms with Crippen LogP contribution in [0.1, 0.15) is 58.5 Å². The van der Waals surface area contributed by atoms with Gasteiger partial charge in [-0.25, -0.2) is 27.6 Å². The van der Waals surface area contributed by atoms with E-state index in [4.69, 9.17) is 10.1 Å². The Morgan fingerprint density at radius 3 is 2.10 bits per heavy atom. The molecule has 18 heteroatoms. The van der Waals surface area contributed by atoms with Gasteiger partial charge in [-0.05, 0) is 35.6 Å². The van der Waals surface area contributed by atoms with Gasteiger partial charge in [0, 0.05) is 76.0 Å². The molecule has 3 N–H and O–H groups in total. The van der Waals surface area contributed by atoms with Crippen LogP contribution in [-0.4, -0.2) is 127 Å². The molecule has 5 rings (SSSR count). The summed E-state index contributed by atoms with van der Waals surface area (Å²) in [5.41, 5.74) is 3.28. The normalized spacial score (nSPS) is 15.8. The van der Waals surface area contributed by atoms with Crippen LogP contribution in [0.3, 0.4) is 0 Å². The van der Waals surface area contributed by atoms with E-state index in [0.29, 0.717) is 32.4 Å². The van der Waals surface area contributed by atoms with Gasteiger partial charge in [-0.1, -0.05) is 58.0 Å². The summed E-state index contributed by atoms with van der Waals surface area (Å²) < 4.78 is 53.5. The van der Waals surface area contributed by atoms with Gasteiger partial charge in [0.05, 0.1) is 11.7 Å². The van der Waals surface area contributed by atoms with Crippen LogP contribution in [0.4, 0.5) is 17.6 Å². The molecule has 0 radical (unpaired) electrons. The van der Waals surface area contributed by atoms with Crippen molar-refractivity contribution in [3.63, 3.8) is 0 Å². The van der Waals surface area contributed by atoms with Crippen molar-refractivity contribution in [2.45, 2.75) is 59.5 Å². The largest absolute Gasteiger partial charge is 0.390 e. The van der Waals surface area contributed by atoms with Crippen LogP contribution in [0, 0.1) is 23.0 Å². The minimum atomic E-state index is -2.90. The number of hydrogen-bond acceptors (Lipinski definition) is 9. The Bertz CT molecular complexity index is 1970. The summed E-state index contributed by atoms with van der Waals surface area (Å²) >= 11 is 0. The number of nitrogens with zero attached hydrogens (tertiary/aromatic N) is 6. The first-order valence-electron chi connectivity index (χ1n) is 19.0. The zero-order valence-electron chi connectivity index (χ0n) is 33.7. The first-order chi connectivity index (χ1) is 27.7. The van der Waals surface area contributed by atoms with Crippen molar-refractivity contribution < 1.29 is 51.7 Å². The van der Waals surface area contributed by atoms with Crippen molar-refractivity contribution in [2.75, 3.05) is 52.5 Å². The molecule has 0 aliphatic carbocycles. The number of piperazine rings is 1. The maximum absolute atomic E-state index is 15.0. The monoisotopic (exact) mass is 829 g/mol. The van der Waals surface area contributed by atoms with Gasteiger partial charge in [-0.15, -0.1) is 0 Å². The molecule has 2 unspecified atom stereocenters. The number of amides is 5. The summed E-state index contributed by atoms with van der Waals surface area (Å²) in [6, 6.07) is 11.9. The van der Waals surface area contributed by atoms with Gasteiger partial charge in [-0.3, -0.25) is 34.3 Å². The highest BCUT2D eigenvalue weighted by atomic mass is 19.3. The molecule has 59 heavy (non-hydrogen) atoms. The zero-order chi connectivity index (χ0) is 43.7. The smallest absolute Gasteiger partial charge is 0.267 e. The number of aromatic nitrogens is 2. The average molecular weight is 830 g/mol. The molecule has 3 heterocycles. The molecule has 2 atom stereocenters.